The first-order valence-electron chi connectivity index (χ1n) is 12.3. The number of methoxy groups -OCH3 is 2. The van der Waals surface area contributed by atoms with Crippen molar-refractivity contribution in [2.75, 3.05) is 60.0 Å². The van der Waals surface area contributed by atoms with Crippen molar-refractivity contribution in [3.05, 3.63) is 65.7 Å². The van der Waals surface area contributed by atoms with Gasteiger partial charge in [0, 0.05) is 56.8 Å². The van der Waals surface area contributed by atoms with Crippen LogP contribution in [-0.2, 0) is 11.3 Å². The van der Waals surface area contributed by atoms with Gasteiger partial charge in [0.15, 0.2) is 0 Å². The van der Waals surface area contributed by atoms with Gasteiger partial charge in [-0.25, -0.2) is 0 Å². The molecule has 2 saturated heterocycles. The molecule has 2 aliphatic rings. The van der Waals surface area contributed by atoms with E-state index in [1.165, 1.54) is 5.56 Å². The number of piperazine rings is 1. The summed E-state index contributed by atoms with van der Waals surface area (Å²) >= 11 is 0. The molecule has 0 spiro atoms. The molecule has 2 aromatic carbocycles. The van der Waals surface area contributed by atoms with Gasteiger partial charge < -0.3 is 14.4 Å². The molecule has 0 radical (unpaired) electrons. The molecule has 34 heavy (non-hydrogen) atoms. The first kappa shape index (κ1) is 24.3. The highest BCUT2D eigenvalue weighted by molar-refractivity contribution is 5.79. The van der Waals surface area contributed by atoms with Crippen molar-refractivity contribution in [2.24, 2.45) is 5.92 Å². The largest absolute Gasteiger partial charge is 0.497 e. The molecule has 0 unspecified atom stereocenters. The zero-order chi connectivity index (χ0) is 23.8. The highest BCUT2D eigenvalue weighted by Crippen LogP contribution is 2.28. The van der Waals surface area contributed by atoms with E-state index in [2.05, 4.69) is 57.2 Å². The molecule has 4 rings (SSSR count). The lowest BCUT2D eigenvalue weighted by atomic mass is 9.94. The van der Waals surface area contributed by atoms with Crippen LogP contribution in [-0.4, -0.2) is 80.6 Å². The van der Waals surface area contributed by atoms with Gasteiger partial charge >= 0.3 is 0 Å². The molecule has 2 fully saturated rings. The van der Waals surface area contributed by atoms with Crippen molar-refractivity contribution < 1.29 is 14.3 Å². The van der Waals surface area contributed by atoms with Crippen LogP contribution in [0.2, 0.25) is 0 Å². The third-order valence-corrected chi connectivity index (χ3v) is 6.98. The lowest BCUT2D eigenvalue weighted by Gasteiger charge is -2.38. The molecule has 0 aliphatic carbocycles. The Labute approximate surface area is 203 Å². The van der Waals surface area contributed by atoms with E-state index in [0.29, 0.717) is 5.91 Å². The Bertz CT molecular complexity index is 947. The summed E-state index contributed by atoms with van der Waals surface area (Å²) in [6.45, 7) is 7.21. The normalized spacial score (nSPS) is 18.4. The molecule has 2 heterocycles. The van der Waals surface area contributed by atoms with Crippen molar-refractivity contribution >= 4 is 12.0 Å². The van der Waals surface area contributed by atoms with Crippen molar-refractivity contribution in [1.82, 2.24) is 14.7 Å². The molecular weight excluding hydrogens is 426 g/mol. The molecule has 1 amide bonds. The van der Waals surface area contributed by atoms with Crippen LogP contribution in [0.5, 0.6) is 11.5 Å². The van der Waals surface area contributed by atoms with Gasteiger partial charge in [-0.15, -0.1) is 0 Å². The topological polar surface area (TPSA) is 45.2 Å². The minimum absolute atomic E-state index is 0.151. The van der Waals surface area contributed by atoms with Crippen molar-refractivity contribution in [3.63, 3.8) is 0 Å². The third kappa shape index (κ3) is 6.39. The number of hydrogen-bond donors (Lipinski definition) is 0. The Kier molecular flexibility index (Phi) is 8.61. The minimum Gasteiger partial charge on any atom is -0.497 e. The van der Waals surface area contributed by atoms with E-state index < -0.39 is 0 Å². The maximum atomic E-state index is 13.1. The fraction of sp³-hybridized carbons (Fsp3) is 0.464. The molecule has 182 valence electrons. The third-order valence-electron chi connectivity index (χ3n) is 6.98. The fourth-order valence-electron chi connectivity index (χ4n) is 4.87. The molecule has 0 bridgehead atoms. The van der Waals surface area contributed by atoms with Crippen LogP contribution in [0.15, 0.2) is 54.6 Å². The number of hydrogen-bond acceptors (Lipinski definition) is 5. The van der Waals surface area contributed by atoms with Gasteiger partial charge in [-0.1, -0.05) is 48.6 Å². The number of ether oxygens (including phenoxy) is 2. The van der Waals surface area contributed by atoms with Crippen LogP contribution in [0.4, 0.5) is 0 Å². The van der Waals surface area contributed by atoms with E-state index in [4.69, 9.17) is 9.47 Å². The lowest BCUT2D eigenvalue weighted by Crippen LogP contribution is -2.51. The predicted molar refractivity (Wildman–Crippen MR) is 136 cm³/mol. The number of piperidine rings is 1. The number of nitrogens with zero attached hydrogens (tertiary/aromatic N) is 3. The first-order valence-corrected chi connectivity index (χ1v) is 12.3. The van der Waals surface area contributed by atoms with E-state index in [1.807, 2.05) is 18.2 Å². The van der Waals surface area contributed by atoms with Crippen molar-refractivity contribution in [3.8, 4) is 11.5 Å². The summed E-state index contributed by atoms with van der Waals surface area (Å²) in [6.07, 6.45) is 6.25. The van der Waals surface area contributed by atoms with Gasteiger partial charge in [-0.05, 0) is 37.6 Å². The minimum atomic E-state index is 0.151. The van der Waals surface area contributed by atoms with Gasteiger partial charge in [-0.2, -0.15) is 0 Å². The Morgan fingerprint density at radius 1 is 0.912 bits per heavy atom. The molecule has 2 aliphatic heterocycles. The smallest absolute Gasteiger partial charge is 0.225 e. The van der Waals surface area contributed by atoms with Gasteiger partial charge in [0.05, 0.1) is 14.2 Å². The van der Waals surface area contributed by atoms with Gasteiger partial charge in [0.1, 0.15) is 11.5 Å². The van der Waals surface area contributed by atoms with E-state index in [0.717, 1.165) is 82.3 Å². The van der Waals surface area contributed by atoms with Crippen LogP contribution in [0.3, 0.4) is 0 Å². The zero-order valence-electron chi connectivity index (χ0n) is 20.5. The molecule has 6 heteroatoms. The second-order valence-electron chi connectivity index (χ2n) is 9.17. The zero-order valence-corrected chi connectivity index (χ0v) is 20.5. The van der Waals surface area contributed by atoms with Crippen LogP contribution in [0.1, 0.15) is 24.0 Å². The highest BCUT2D eigenvalue weighted by atomic mass is 16.5. The van der Waals surface area contributed by atoms with Crippen LogP contribution in [0.25, 0.3) is 6.08 Å². The summed E-state index contributed by atoms with van der Waals surface area (Å²) < 4.78 is 10.8. The summed E-state index contributed by atoms with van der Waals surface area (Å²) in [5.41, 5.74) is 2.39. The molecule has 0 N–H and O–H groups in total. The summed E-state index contributed by atoms with van der Waals surface area (Å²) in [5.74, 6) is 2.16. The monoisotopic (exact) mass is 463 g/mol. The maximum absolute atomic E-state index is 13.1. The predicted octanol–water partition coefficient (Wildman–Crippen LogP) is 3.77. The average molecular weight is 464 g/mol. The number of rotatable bonds is 8. The maximum Gasteiger partial charge on any atom is 0.225 e. The molecule has 0 aromatic heterocycles. The standard InChI is InChI=1S/C28H37N3O3/c1-33-26-11-10-25(27(21-26)34-2)22-30-15-12-24(13-16-30)28(32)31-19-17-29(18-20-31)14-6-9-23-7-4-3-5-8-23/h3-11,21,24H,12-20,22H2,1-2H3/b9-6+. The average Bonchev–Trinajstić information content (AvgIpc) is 2.90. The summed E-state index contributed by atoms with van der Waals surface area (Å²) in [6, 6.07) is 16.4. The van der Waals surface area contributed by atoms with Crippen LogP contribution < -0.4 is 9.47 Å². The number of carbonyl (C=O) groups excluding carboxylic acids is 1. The second kappa shape index (κ2) is 12.0. The van der Waals surface area contributed by atoms with Crippen LogP contribution >= 0.6 is 0 Å². The van der Waals surface area contributed by atoms with Gasteiger partial charge in [-0.3, -0.25) is 14.6 Å². The highest BCUT2D eigenvalue weighted by Gasteiger charge is 2.30. The second-order valence-corrected chi connectivity index (χ2v) is 9.17. The Balaban J connectivity index is 1.19. The number of carbonyl (C=O) groups is 1. The Morgan fingerprint density at radius 3 is 2.32 bits per heavy atom. The molecule has 2 aromatic rings. The van der Waals surface area contributed by atoms with Gasteiger partial charge in [0.25, 0.3) is 0 Å². The van der Waals surface area contributed by atoms with E-state index in [-0.39, 0.29) is 5.92 Å². The lowest BCUT2D eigenvalue weighted by molar-refractivity contribution is -0.138. The van der Waals surface area contributed by atoms with Gasteiger partial charge in [0.2, 0.25) is 5.91 Å². The van der Waals surface area contributed by atoms with Crippen molar-refractivity contribution in [2.45, 2.75) is 19.4 Å². The summed E-state index contributed by atoms with van der Waals surface area (Å²) in [4.78, 5) is 20.1. The summed E-state index contributed by atoms with van der Waals surface area (Å²) in [5, 5.41) is 0. The summed E-state index contributed by atoms with van der Waals surface area (Å²) in [7, 11) is 3.36. The Morgan fingerprint density at radius 2 is 1.65 bits per heavy atom. The van der Waals surface area contributed by atoms with Crippen LogP contribution in [0, 0.1) is 5.92 Å². The van der Waals surface area contributed by atoms with Crippen molar-refractivity contribution in [1.29, 1.82) is 0 Å². The quantitative estimate of drug-likeness (QED) is 0.596. The molecule has 6 nitrogen and oxygen atoms in total. The Hall–Kier alpha value is -2.83. The number of benzene rings is 2. The fourth-order valence-corrected chi connectivity index (χ4v) is 4.87. The molecular formula is C28H37N3O3. The first-order chi connectivity index (χ1) is 16.7. The number of amides is 1. The number of likely N-dealkylation sites (tertiary alicyclic amines) is 1. The SMILES string of the molecule is COc1ccc(CN2CCC(C(=O)N3CCN(C/C=C/c4ccccc4)CC3)CC2)c(OC)c1. The van der Waals surface area contributed by atoms with E-state index in [9.17, 15) is 4.79 Å². The molecule has 0 saturated carbocycles. The molecule has 0 atom stereocenters. The van der Waals surface area contributed by atoms with E-state index >= 15 is 0 Å². The van der Waals surface area contributed by atoms with E-state index in [1.54, 1.807) is 14.2 Å².